The van der Waals surface area contributed by atoms with Gasteiger partial charge in [0.1, 0.15) is 11.4 Å². The first-order chi connectivity index (χ1) is 11.2. The molecule has 1 aromatic heterocycles. The molecule has 2 atom stereocenters. The summed E-state index contributed by atoms with van der Waals surface area (Å²) in [7, 11) is 0. The molecule has 2 heterocycles. The van der Waals surface area contributed by atoms with Gasteiger partial charge in [-0.15, -0.1) is 11.8 Å². The molecule has 5 nitrogen and oxygen atoms in total. The standard InChI is InChI=1S/C17H18N2O3S/c1-12(20)19-15(11-23-17(19)14-7-8-22-10-14)16(21)18-9-13-5-3-2-4-6-13/h2-8,10,15,17H,9,11H2,1H3,(H,18,21). The number of nitrogens with zero attached hydrogens (tertiary/aromatic N) is 1. The lowest BCUT2D eigenvalue weighted by molar-refractivity contribution is -0.138. The molecular weight excluding hydrogens is 312 g/mol. The minimum Gasteiger partial charge on any atom is -0.472 e. The largest absolute Gasteiger partial charge is 0.472 e. The van der Waals surface area contributed by atoms with Crippen LogP contribution in [-0.2, 0) is 16.1 Å². The van der Waals surface area contributed by atoms with Crippen LogP contribution in [0.25, 0.3) is 0 Å². The van der Waals surface area contributed by atoms with E-state index < -0.39 is 6.04 Å². The molecule has 1 saturated heterocycles. The highest BCUT2D eigenvalue weighted by Crippen LogP contribution is 2.41. The van der Waals surface area contributed by atoms with E-state index in [0.29, 0.717) is 12.3 Å². The summed E-state index contributed by atoms with van der Waals surface area (Å²) in [5, 5.41) is 2.75. The first-order valence-electron chi connectivity index (χ1n) is 7.41. The Morgan fingerprint density at radius 3 is 2.74 bits per heavy atom. The molecule has 1 aliphatic rings. The fourth-order valence-electron chi connectivity index (χ4n) is 2.67. The van der Waals surface area contributed by atoms with E-state index in [-0.39, 0.29) is 17.2 Å². The van der Waals surface area contributed by atoms with Crippen molar-refractivity contribution < 1.29 is 14.0 Å². The third-order valence-corrected chi connectivity index (χ3v) is 5.13. The predicted octanol–water partition coefficient (Wildman–Crippen LogP) is 2.56. The van der Waals surface area contributed by atoms with Crippen LogP contribution in [0.1, 0.15) is 23.4 Å². The molecule has 1 fully saturated rings. The number of hydrogen-bond donors (Lipinski definition) is 1. The van der Waals surface area contributed by atoms with Crippen molar-refractivity contribution in [1.82, 2.24) is 10.2 Å². The summed E-state index contributed by atoms with van der Waals surface area (Å²) in [5.74, 6) is 0.347. The van der Waals surface area contributed by atoms with Crippen LogP contribution in [0, 0.1) is 0 Å². The molecule has 3 rings (SSSR count). The highest BCUT2D eigenvalue weighted by Gasteiger charge is 2.41. The Morgan fingerprint density at radius 2 is 2.09 bits per heavy atom. The molecule has 0 aliphatic carbocycles. The zero-order chi connectivity index (χ0) is 16.2. The second-order valence-corrected chi connectivity index (χ2v) is 6.50. The van der Waals surface area contributed by atoms with Crippen molar-refractivity contribution in [1.29, 1.82) is 0 Å². The number of carbonyl (C=O) groups is 2. The second-order valence-electron chi connectivity index (χ2n) is 5.39. The zero-order valence-corrected chi connectivity index (χ0v) is 13.6. The van der Waals surface area contributed by atoms with E-state index >= 15 is 0 Å². The van der Waals surface area contributed by atoms with Gasteiger partial charge in [-0.3, -0.25) is 9.59 Å². The number of amides is 2. The fraction of sp³-hybridized carbons (Fsp3) is 0.294. The Labute approximate surface area is 139 Å². The molecule has 0 spiro atoms. The van der Waals surface area contributed by atoms with Gasteiger partial charge in [0, 0.05) is 24.8 Å². The zero-order valence-electron chi connectivity index (χ0n) is 12.8. The van der Waals surface area contributed by atoms with E-state index in [9.17, 15) is 9.59 Å². The average molecular weight is 330 g/mol. The van der Waals surface area contributed by atoms with Crippen molar-refractivity contribution in [2.45, 2.75) is 24.9 Å². The molecule has 23 heavy (non-hydrogen) atoms. The maximum Gasteiger partial charge on any atom is 0.243 e. The lowest BCUT2D eigenvalue weighted by atomic mass is 10.2. The lowest BCUT2D eigenvalue weighted by Crippen LogP contribution is -2.47. The molecule has 2 unspecified atom stereocenters. The molecule has 0 radical (unpaired) electrons. The number of benzene rings is 1. The quantitative estimate of drug-likeness (QED) is 0.936. The first-order valence-corrected chi connectivity index (χ1v) is 8.46. The maximum atomic E-state index is 12.5. The van der Waals surface area contributed by atoms with E-state index in [4.69, 9.17) is 4.42 Å². The molecule has 0 saturated carbocycles. The van der Waals surface area contributed by atoms with Gasteiger partial charge < -0.3 is 14.6 Å². The number of nitrogens with one attached hydrogen (secondary N) is 1. The molecule has 2 aromatic rings. The Morgan fingerprint density at radius 1 is 1.30 bits per heavy atom. The van der Waals surface area contributed by atoms with E-state index in [1.54, 1.807) is 29.2 Å². The monoisotopic (exact) mass is 330 g/mol. The van der Waals surface area contributed by atoms with Crippen molar-refractivity contribution >= 4 is 23.6 Å². The van der Waals surface area contributed by atoms with Crippen molar-refractivity contribution in [2.75, 3.05) is 5.75 Å². The number of furan rings is 1. The molecule has 2 amide bonds. The number of hydrogen-bond acceptors (Lipinski definition) is 4. The molecule has 1 aromatic carbocycles. The van der Waals surface area contributed by atoms with Gasteiger partial charge in [-0.2, -0.15) is 0 Å². The van der Waals surface area contributed by atoms with Crippen LogP contribution in [0.15, 0.2) is 53.3 Å². The smallest absolute Gasteiger partial charge is 0.243 e. The SMILES string of the molecule is CC(=O)N1C(C(=O)NCc2ccccc2)CSC1c1ccoc1. The summed E-state index contributed by atoms with van der Waals surface area (Å²) in [6.07, 6.45) is 3.20. The van der Waals surface area contributed by atoms with Crippen LogP contribution in [0.5, 0.6) is 0 Å². The summed E-state index contributed by atoms with van der Waals surface area (Å²) in [6.45, 7) is 1.96. The van der Waals surface area contributed by atoms with Crippen LogP contribution in [-0.4, -0.2) is 28.5 Å². The normalized spacial score (nSPS) is 20.5. The van der Waals surface area contributed by atoms with Crippen LogP contribution in [0.3, 0.4) is 0 Å². The Kier molecular flexibility index (Phi) is 4.71. The van der Waals surface area contributed by atoms with E-state index in [1.807, 2.05) is 36.4 Å². The van der Waals surface area contributed by atoms with Crippen molar-refractivity contribution in [3.63, 3.8) is 0 Å². The van der Waals surface area contributed by atoms with Gasteiger partial charge in [-0.25, -0.2) is 0 Å². The molecular formula is C17H18N2O3S. The van der Waals surface area contributed by atoms with Gasteiger partial charge >= 0.3 is 0 Å². The van der Waals surface area contributed by atoms with Crippen LogP contribution in [0.4, 0.5) is 0 Å². The summed E-state index contributed by atoms with van der Waals surface area (Å²) in [6, 6.07) is 11.1. The van der Waals surface area contributed by atoms with Gasteiger partial charge in [0.25, 0.3) is 0 Å². The summed E-state index contributed by atoms with van der Waals surface area (Å²) in [4.78, 5) is 26.2. The van der Waals surface area contributed by atoms with Gasteiger partial charge in [0.15, 0.2) is 0 Å². The topological polar surface area (TPSA) is 62.6 Å². The van der Waals surface area contributed by atoms with Gasteiger partial charge in [-0.05, 0) is 11.6 Å². The molecule has 120 valence electrons. The molecule has 1 aliphatic heterocycles. The molecule has 0 bridgehead atoms. The van der Waals surface area contributed by atoms with Crippen LogP contribution >= 0.6 is 11.8 Å². The van der Waals surface area contributed by atoms with Gasteiger partial charge in [-0.1, -0.05) is 30.3 Å². The highest BCUT2D eigenvalue weighted by atomic mass is 32.2. The number of rotatable bonds is 4. The van der Waals surface area contributed by atoms with Gasteiger partial charge in [0.2, 0.25) is 11.8 Å². The predicted molar refractivity (Wildman–Crippen MR) is 88.5 cm³/mol. The van der Waals surface area contributed by atoms with Crippen molar-refractivity contribution in [3.05, 3.63) is 60.1 Å². The third-order valence-electron chi connectivity index (χ3n) is 3.80. The van der Waals surface area contributed by atoms with E-state index in [2.05, 4.69) is 5.32 Å². The summed E-state index contributed by atoms with van der Waals surface area (Å²) < 4.78 is 5.10. The van der Waals surface area contributed by atoms with Crippen molar-refractivity contribution in [2.24, 2.45) is 0 Å². The number of thioether (sulfide) groups is 1. The molecule has 6 heteroatoms. The average Bonchev–Trinajstić information content (AvgIpc) is 3.22. The third kappa shape index (κ3) is 3.42. The minimum atomic E-state index is -0.457. The first kappa shape index (κ1) is 15.7. The highest BCUT2D eigenvalue weighted by molar-refractivity contribution is 7.99. The van der Waals surface area contributed by atoms with Crippen molar-refractivity contribution in [3.8, 4) is 0 Å². The molecule has 1 N–H and O–H groups in total. The Balaban J connectivity index is 1.69. The van der Waals surface area contributed by atoms with Crippen LogP contribution < -0.4 is 5.32 Å². The Hall–Kier alpha value is -2.21. The summed E-state index contributed by atoms with van der Waals surface area (Å²) in [5.41, 5.74) is 1.94. The number of carbonyl (C=O) groups excluding carboxylic acids is 2. The van der Waals surface area contributed by atoms with E-state index in [0.717, 1.165) is 11.1 Å². The lowest BCUT2D eigenvalue weighted by Gasteiger charge is -2.27. The maximum absolute atomic E-state index is 12.5. The minimum absolute atomic E-state index is 0.110. The summed E-state index contributed by atoms with van der Waals surface area (Å²) >= 11 is 1.58. The van der Waals surface area contributed by atoms with Gasteiger partial charge in [0.05, 0.1) is 12.5 Å². The Bertz CT molecular complexity index is 672. The second kappa shape index (κ2) is 6.91. The van der Waals surface area contributed by atoms with E-state index in [1.165, 1.54) is 6.92 Å². The fourth-order valence-corrected chi connectivity index (χ4v) is 4.13. The van der Waals surface area contributed by atoms with Crippen LogP contribution in [0.2, 0.25) is 0 Å².